The molecular weight excluding hydrogens is 418 g/mol. The van der Waals surface area contributed by atoms with Crippen molar-refractivity contribution < 1.29 is 19.1 Å². The number of ether oxygens (including phenoxy) is 1. The second-order valence-corrected chi connectivity index (χ2v) is 8.56. The molecule has 1 saturated heterocycles. The van der Waals surface area contributed by atoms with Gasteiger partial charge in [-0.15, -0.1) is 0 Å². The van der Waals surface area contributed by atoms with E-state index in [1.165, 1.54) is 5.56 Å². The highest BCUT2D eigenvalue weighted by molar-refractivity contribution is 6.02. The van der Waals surface area contributed by atoms with Crippen LogP contribution in [0.5, 0.6) is 0 Å². The number of benzene rings is 2. The Kier molecular flexibility index (Phi) is 7.27. The molecule has 7 heteroatoms. The summed E-state index contributed by atoms with van der Waals surface area (Å²) in [4.78, 5) is 41.3. The summed E-state index contributed by atoms with van der Waals surface area (Å²) in [5, 5.41) is 2.97. The minimum atomic E-state index is -0.170. The molecule has 0 aliphatic carbocycles. The van der Waals surface area contributed by atoms with Gasteiger partial charge in [-0.2, -0.15) is 0 Å². The highest BCUT2D eigenvalue weighted by Gasteiger charge is 2.28. The summed E-state index contributed by atoms with van der Waals surface area (Å²) in [6.45, 7) is 3.94. The number of likely N-dealkylation sites (tertiary alicyclic amines) is 1. The van der Waals surface area contributed by atoms with Crippen molar-refractivity contribution in [2.24, 2.45) is 5.92 Å². The van der Waals surface area contributed by atoms with Gasteiger partial charge >= 0.3 is 12.0 Å². The molecule has 3 amide bonds. The van der Waals surface area contributed by atoms with E-state index in [4.69, 9.17) is 4.74 Å². The lowest BCUT2D eigenvalue weighted by atomic mass is 9.96. The Balaban J connectivity index is 1.35. The van der Waals surface area contributed by atoms with Crippen LogP contribution in [0.1, 0.15) is 48.5 Å². The van der Waals surface area contributed by atoms with Gasteiger partial charge in [-0.25, -0.2) is 4.79 Å². The van der Waals surface area contributed by atoms with Crippen LogP contribution in [0.25, 0.3) is 0 Å². The standard InChI is InChI=1S/C26H31N3O4/c1-2-33-25(31)21-14-17-28(18-15-21)24(30)20-10-12-22(13-11-20)27-26(32)29-16-6-5-8-19-7-3-4-9-23(19)29/h3-4,7,9-13,21H,2,5-6,8,14-18H2,1H3,(H,27,32). The zero-order chi connectivity index (χ0) is 23.2. The van der Waals surface area contributed by atoms with Crippen molar-refractivity contribution in [3.63, 3.8) is 0 Å². The molecule has 0 saturated carbocycles. The van der Waals surface area contributed by atoms with Gasteiger partial charge in [-0.1, -0.05) is 18.2 Å². The molecule has 0 spiro atoms. The lowest BCUT2D eigenvalue weighted by Crippen LogP contribution is -2.40. The van der Waals surface area contributed by atoms with E-state index in [1.54, 1.807) is 41.0 Å². The van der Waals surface area contributed by atoms with Crippen molar-refractivity contribution in [3.05, 3.63) is 59.7 Å². The lowest BCUT2D eigenvalue weighted by Gasteiger charge is -2.31. The van der Waals surface area contributed by atoms with E-state index in [1.807, 2.05) is 18.2 Å². The number of hydrogen-bond acceptors (Lipinski definition) is 4. The summed E-state index contributed by atoms with van der Waals surface area (Å²) < 4.78 is 5.10. The number of anilines is 2. The van der Waals surface area contributed by atoms with Gasteiger partial charge < -0.3 is 15.0 Å². The Morgan fingerprint density at radius 2 is 1.70 bits per heavy atom. The largest absolute Gasteiger partial charge is 0.466 e. The van der Waals surface area contributed by atoms with Crippen LogP contribution in [-0.4, -0.2) is 49.0 Å². The molecule has 174 valence electrons. The van der Waals surface area contributed by atoms with Crippen molar-refractivity contribution in [3.8, 4) is 0 Å². The molecule has 4 rings (SSSR count). The predicted molar refractivity (Wildman–Crippen MR) is 127 cm³/mol. The van der Waals surface area contributed by atoms with Gasteiger partial charge in [0.15, 0.2) is 0 Å². The number of urea groups is 1. The van der Waals surface area contributed by atoms with Gasteiger partial charge in [0.25, 0.3) is 5.91 Å². The first-order valence-electron chi connectivity index (χ1n) is 11.8. The van der Waals surface area contributed by atoms with E-state index in [0.717, 1.165) is 24.9 Å². The molecule has 0 bridgehead atoms. The fourth-order valence-corrected chi connectivity index (χ4v) is 4.55. The lowest BCUT2D eigenvalue weighted by molar-refractivity contribution is -0.149. The maximum Gasteiger partial charge on any atom is 0.326 e. The Labute approximate surface area is 194 Å². The van der Waals surface area contributed by atoms with Gasteiger partial charge in [0.2, 0.25) is 0 Å². The quantitative estimate of drug-likeness (QED) is 0.698. The average Bonchev–Trinajstić information content (AvgIpc) is 3.07. The second kappa shape index (κ2) is 10.5. The fourth-order valence-electron chi connectivity index (χ4n) is 4.55. The molecule has 2 aromatic carbocycles. The number of fused-ring (bicyclic) bond motifs is 1. The fraction of sp³-hybridized carbons (Fsp3) is 0.423. The van der Waals surface area contributed by atoms with Gasteiger partial charge in [-0.3, -0.25) is 14.5 Å². The molecule has 0 aromatic heterocycles. The third-order valence-electron chi connectivity index (χ3n) is 6.39. The number of esters is 1. The number of nitrogens with one attached hydrogen (secondary N) is 1. The maximum atomic E-state index is 13.0. The summed E-state index contributed by atoms with van der Waals surface area (Å²) in [6, 6.07) is 14.9. The normalized spacial score (nSPS) is 16.5. The molecule has 2 aliphatic rings. The van der Waals surface area contributed by atoms with E-state index >= 15 is 0 Å². The van der Waals surface area contributed by atoms with E-state index < -0.39 is 0 Å². The Morgan fingerprint density at radius 1 is 0.970 bits per heavy atom. The zero-order valence-corrected chi connectivity index (χ0v) is 19.1. The van der Waals surface area contributed by atoms with Gasteiger partial charge in [0.05, 0.1) is 12.5 Å². The van der Waals surface area contributed by atoms with Crippen molar-refractivity contribution >= 4 is 29.3 Å². The third kappa shape index (κ3) is 5.35. The van der Waals surface area contributed by atoms with Gasteiger partial charge in [0.1, 0.15) is 0 Å². The van der Waals surface area contributed by atoms with Crippen LogP contribution in [-0.2, 0) is 16.0 Å². The van der Waals surface area contributed by atoms with Crippen molar-refractivity contribution in [1.29, 1.82) is 0 Å². The van der Waals surface area contributed by atoms with Crippen molar-refractivity contribution in [2.75, 3.05) is 36.5 Å². The molecule has 2 heterocycles. The first kappa shape index (κ1) is 22.8. The molecule has 1 fully saturated rings. The number of hydrogen-bond donors (Lipinski definition) is 1. The second-order valence-electron chi connectivity index (χ2n) is 8.56. The molecule has 2 aromatic rings. The van der Waals surface area contributed by atoms with Crippen LogP contribution in [0.15, 0.2) is 48.5 Å². The predicted octanol–water partition coefficient (Wildman–Crippen LogP) is 4.48. The molecule has 7 nitrogen and oxygen atoms in total. The topological polar surface area (TPSA) is 79.0 Å². The summed E-state index contributed by atoms with van der Waals surface area (Å²) in [5.41, 5.74) is 3.38. The zero-order valence-electron chi connectivity index (χ0n) is 19.1. The molecule has 0 atom stereocenters. The summed E-state index contributed by atoms with van der Waals surface area (Å²) in [5.74, 6) is -0.357. The SMILES string of the molecule is CCOC(=O)C1CCN(C(=O)c2ccc(NC(=O)N3CCCCc4ccccc43)cc2)CC1. The average molecular weight is 450 g/mol. The van der Waals surface area contributed by atoms with Crippen LogP contribution in [0.2, 0.25) is 0 Å². The van der Waals surface area contributed by atoms with E-state index in [-0.39, 0.29) is 23.8 Å². The van der Waals surface area contributed by atoms with Crippen molar-refractivity contribution in [1.82, 2.24) is 4.90 Å². The minimum absolute atomic E-state index is 0.0587. The van der Waals surface area contributed by atoms with E-state index in [2.05, 4.69) is 11.4 Å². The Morgan fingerprint density at radius 3 is 2.42 bits per heavy atom. The molecule has 2 aliphatic heterocycles. The van der Waals surface area contributed by atoms with Crippen LogP contribution < -0.4 is 10.2 Å². The molecular formula is C26H31N3O4. The van der Waals surface area contributed by atoms with Gasteiger partial charge in [-0.05, 0) is 74.9 Å². The Bertz CT molecular complexity index is 997. The number of amides is 3. The first-order valence-corrected chi connectivity index (χ1v) is 11.8. The number of para-hydroxylation sites is 1. The van der Waals surface area contributed by atoms with E-state index in [9.17, 15) is 14.4 Å². The highest BCUT2D eigenvalue weighted by Crippen LogP contribution is 2.27. The van der Waals surface area contributed by atoms with Crippen LogP contribution in [0.3, 0.4) is 0 Å². The summed E-state index contributed by atoms with van der Waals surface area (Å²) in [7, 11) is 0. The van der Waals surface area contributed by atoms with E-state index in [0.29, 0.717) is 50.3 Å². The van der Waals surface area contributed by atoms with Crippen LogP contribution >= 0.6 is 0 Å². The maximum absolute atomic E-state index is 13.0. The van der Waals surface area contributed by atoms with Crippen LogP contribution in [0.4, 0.5) is 16.2 Å². The van der Waals surface area contributed by atoms with Crippen molar-refractivity contribution in [2.45, 2.75) is 39.0 Å². The molecule has 0 radical (unpaired) electrons. The van der Waals surface area contributed by atoms with Gasteiger partial charge in [0, 0.05) is 36.6 Å². The summed E-state index contributed by atoms with van der Waals surface area (Å²) >= 11 is 0. The number of aryl methyl sites for hydroxylation is 1. The summed E-state index contributed by atoms with van der Waals surface area (Å²) in [6.07, 6.45) is 4.25. The molecule has 1 N–H and O–H groups in total. The van der Waals surface area contributed by atoms with Crippen LogP contribution in [0, 0.1) is 5.92 Å². The smallest absolute Gasteiger partial charge is 0.326 e. The monoisotopic (exact) mass is 449 g/mol. The number of piperidine rings is 1. The number of rotatable bonds is 4. The first-order chi connectivity index (χ1) is 16.1. The number of nitrogens with zero attached hydrogens (tertiary/aromatic N) is 2. The minimum Gasteiger partial charge on any atom is -0.466 e. The number of carbonyl (C=O) groups is 3. The molecule has 0 unspecified atom stereocenters. The number of carbonyl (C=O) groups excluding carboxylic acids is 3. The molecule has 33 heavy (non-hydrogen) atoms. The Hall–Kier alpha value is -3.35. The highest BCUT2D eigenvalue weighted by atomic mass is 16.5. The third-order valence-corrected chi connectivity index (χ3v) is 6.39.